The lowest BCUT2D eigenvalue weighted by Gasteiger charge is -2.14. The summed E-state index contributed by atoms with van der Waals surface area (Å²) in [6.45, 7) is 2.04. The van der Waals surface area contributed by atoms with Crippen LogP contribution in [-0.4, -0.2) is 27.8 Å². The Bertz CT molecular complexity index is 1320. The van der Waals surface area contributed by atoms with E-state index in [1.54, 1.807) is 25.1 Å². The van der Waals surface area contributed by atoms with Gasteiger partial charge < -0.3 is 4.74 Å². The monoisotopic (exact) mass is 426 g/mol. The molecule has 7 nitrogen and oxygen atoms in total. The SMILES string of the molecule is CCOC(=O)C/C(=N/Nc1nc2ccccc2c(=O)n1-c1ccccc1)c1ccccc1. The molecule has 0 spiro atoms. The third-order valence-corrected chi connectivity index (χ3v) is 4.81. The van der Waals surface area contributed by atoms with E-state index in [0.29, 0.717) is 22.3 Å². The number of aromatic nitrogens is 2. The lowest BCUT2D eigenvalue weighted by atomic mass is 10.1. The molecule has 7 heteroatoms. The number of fused-ring (bicyclic) bond motifs is 1. The first kappa shape index (κ1) is 21.0. The number of para-hydroxylation sites is 2. The average molecular weight is 426 g/mol. The van der Waals surface area contributed by atoms with E-state index in [1.807, 2.05) is 66.7 Å². The number of hydrazone groups is 1. The van der Waals surface area contributed by atoms with Gasteiger partial charge in [0, 0.05) is 0 Å². The van der Waals surface area contributed by atoms with Crippen molar-refractivity contribution in [2.75, 3.05) is 12.0 Å². The number of carbonyl (C=O) groups excluding carboxylic acids is 1. The molecule has 0 aliphatic heterocycles. The van der Waals surface area contributed by atoms with Gasteiger partial charge in [0.05, 0.1) is 35.3 Å². The zero-order chi connectivity index (χ0) is 22.3. The standard InChI is InChI=1S/C25H22N4O3/c1-2-32-23(30)17-22(18-11-5-3-6-12-18)27-28-25-26-21-16-10-9-15-20(21)24(31)29(25)19-13-7-4-8-14-19/h3-16H,2,17H2,1H3,(H,26,28)/b27-22-. The fourth-order valence-corrected chi connectivity index (χ4v) is 3.33. The molecule has 32 heavy (non-hydrogen) atoms. The number of esters is 1. The molecule has 0 saturated heterocycles. The summed E-state index contributed by atoms with van der Waals surface area (Å²) in [7, 11) is 0. The van der Waals surface area contributed by atoms with Crippen LogP contribution in [-0.2, 0) is 9.53 Å². The van der Waals surface area contributed by atoms with Crippen LogP contribution in [0.15, 0.2) is 94.8 Å². The lowest BCUT2D eigenvalue weighted by molar-refractivity contribution is -0.141. The Morgan fingerprint density at radius 2 is 1.62 bits per heavy atom. The Labute approximate surface area is 185 Å². The molecule has 0 amide bonds. The molecule has 160 valence electrons. The van der Waals surface area contributed by atoms with Gasteiger partial charge >= 0.3 is 5.97 Å². The van der Waals surface area contributed by atoms with Crippen molar-refractivity contribution in [1.29, 1.82) is 0 Å². The number of benzene rings is 3. The second-order valence-corrected chi connectivity index (χ2v) is 6.95. The van der Waals surface area contributed by atoms with E-state index in [9.17, 15) is 9.59 Å². The highest BCUT2D eigenvalue weighted by Crippen LogP contribution is 2.17. The van der Waals surface area contributed by atoms with Crippen molar-refractivity contribution >= 4 is 28.5 Å². The van der Waals surface area contributed by atoms with Crippen molar-refractivity contribution in [2.24, 2.45) is 5.10 Å². The van der Waals surface area contributed by atoms with Crippen LogP contribution in [0.2, 0.25) is 0 Å². The van der Waals surface area contributed by atoms with Crippen molar-refractivity contribution < 1.29 is 9.53 Å². The third-order valence-electron chi connectivity index (χ3n) is 4.81. The average Bonchev–Trinajstić information content (AvgIpc) is 2.83. The molecular weight excluding hydrogens is 404 g/mol. The highest BCUT2D eigenvalue weighted by atomic mass is 16.5. The summed E-state index contributed by atoms with van der Waals surface area (Å²) in [6, 6.07) is 25.7. The molecule has 4 aromatic rings. The third kappa shape index (κ3) is 4.57. The number of carbonyl (C=O) groups is 1. The van der Waals surface area contributed by atoms with Crippen molar-refractivity contribution in [1.82, 2.24) is 9.55 Å². The fourth-order valence-electron chi connectivity index (χ4n) is 3.33. The molecule has 0 aliphatic rings. The Morgan fingerprint density at radius 1 is 0.969 bits per heavy atom. The summed E-state index contributed by atoms with van der Waals surface area (Å²) < 4.78 is 6.57. The Hall–Kier alpha value is -4.26. The summed E-state index contributed by atoms with van der Waals surface area (Å²) in [5.74, 6) is -0.138. The van der Waals surface area contributed by atoms with E-state index in [0.717, 1.165) is 5.56 Å². The van der Waals surface area contributed by atoms with Gasteiger partial charge in [0.15, 0.2) is 0 Å². The molecule has 0 fully saturated rings. The number of rotatable bonds is 7. The zero-order valence-corrected chi connectivity index (χ0v) is 17.6. The minimum atomic E-state index is -0.385. The minimum absolute atomic E-state index is 0.0198. The van der Waals surface area contributed by atoms with Crippen LogP contribution in [0, 0.1) is 0 Å². The molecule has 0 saturated carbocycles. The van der Waals surface area contributed by atoms with Crippen LogP contribution in [0.4, 0.5) is 5.95 Å². The molecule has 0 aliphatic carbocycles. The highest BCUT2D eigenvalue weighted by Gasteiger charge is 2.15. The second kappa shape index (κ2) is 9.70. The van der Waals surface area contributed by atoms with E-state index >= 15 is 0 Å². The number of nitrogens with zero attached hydrogens (tertiary/aromatic N) is 3. The van der Waals surface area contributed by atoms with E-state index in [4.69, 9.17) is 4.74 Å². The van der Waals surface area contributed by atoms with E-state index in [2.05, 4.69) is 15.5 Å². The van der Waals surface area contributed by atoms with E-state index in [-0.39, 0.29) is 30.5 Å². The molecule has 1 aromatic heterocycles. The number of ether oxygens (including phenoxy) is 1. The number of nitrogens with one attached hydrogen (secondary N) is 1. The summed E-state index contributed by atoms with van der Waals surface area (Å²) in [4.78, 5) is 30.1. The van der Waals surface area contributed by atoms with Crippen LogP contribution >= 0.6 is 0 Å². The highest BCUT2D eigenvalue weighted by molar-refractivity contribution is 6.09. The summed E-state index contributed by atoms with van der Waals surface area (Å²) in [5.41, 5.74) is 5.15. The van der Waals surface area contributed by atoms with E-state index in [1.165, 1.54) is 4.57 Å². The molecule has 1 heterocycles. The van der Waals surface area contributed by atoms with Crippen molar-refractivity contribution in [3.63, 3.8) is 0 Å². The van der Waals surface area contributed by atoms with Gasteiger partial charge in [-0.05, 0) is 36.8 Å². The van der Waals surface area contributed by atoms with Crippen LogP contribution in [0.1, 0.15) is 18.9 Å². The lowest BCUT2D eigenvalue weighted by Crippen LogP contribution is -2.23. The van der Waals surface area contributed by atoms with Gasteiger partial charge in [0.2, 0.25) is 5.95 Å². The maximum absolute atomic E-state index is 13.3. The Kier molecular flexibility index (Phi) is 6.36. The predicted octanol–water partition coefficient (Wildman–Crippen LogP) is 4.16. The number of hydrogen-bond donors (Lipinski definition) is 1. The molecule has 0 radical (unpaired) electrons. The maximum atomic E-state index is 13.3. The van der Waals surface area contributed by atoms with Gasteiger partial charge in [-0.25, -0.2) is 15.0 Å². The van der Waals surface area contributed by atoms with Gasteiger partial charge in [-0.15, -0.1) is 0 Å². The summed E-state index contributed by atoms with van der Waals surface area (Å²) in [6.07, 6.45) is -0.0198. The fraction of sp³-hybridized carbons (Fsp3) is 0.120. The van der Waals surface area contributed by atoms with Gasteiger partial charge in [0.1, 0.15) is 0 Å². The first-order valence-electron chi connectivity index (χ1n) is 10.3. The van der Waals surface area contributed by atoms with Crippen LogP contribution < -0.4 is 11.0 Å². The smallest absolute Gasteiger partial charge is 0.311 e. The van der Waals surface area contributed by atoms with Crippen molar-refractivity contribution in [2.45, 2.75) is 13.3 Å². The normalized spacial score (nSPS) is 11.3. The number of anilines is 1. The van der Waals surface area contributed by atoms with Crippen LogP contribution in [0.25, 0.3) is 16.6 Å². The molecule has 1 N–H and O–H groups in total. The summed E-state index contributed by atoms with van der Waals surface area (Å²) >= 11 is 0. The molecule has 3 aromatic carbocycles. The van der Waals surface area contributed by atoms with Crippen LogP contribution in [0.5, 0.6) is 0 Å². The first-order valence-corrected chi connectivity index (χ1v) is 10.3. The largest absolute Gasteiger partial charge is 0.466 e. The molecule has 0 atom stereocenters. The van der Waals surface area contributed by atoms with Gasteiger partial charge in [0.25, 0.3) is 5.56 Å². The van der Waals surface area contributed by atoms with E-state index < -0.39 is 0 Å². The number of hydrogen-bond acceptors (Lipinski definition) is 6. The summed E-state index contributed by atoms with van der Waals surface area (Å²) in [5, 5.41) is 4.96. The Balaban J connectivity index is 1.82. The van der Waals surface area contributed by atoms with Crippen molar-refractivity contribution in [3.8, 4) is 5.69 Å². The van der Waals surface area contributed by atoms with Gasteiger partial charge in [-0.2, -0.15) is 5.10 Å². The van der Waals surface area contributed by atoms with Gasteiger partial charge in [-0.1, -0.05) is 60.7 Å². The molecule has 0 bridgehead atoms. The zero-order valence-electron chi connectivity index (χ0n) is 17.6. The van der Waals surface area contributed by atoms with Gasteiger partial charge in [-0.3, -0.25) is 9.59 Å². The first-order chi connectivity index (χ1) is 15.7. The Morgan fingerprint density at radius 3 is 2.34 bits per heavy atom. The van der Waals surface area contributed by atoms with Crippen molar-refractivity contribution in [3.05, 3.63) is 101 Å². The molecule has 0 unspecified atom stereocenters. The minimum Gasteiger partial charge on any atom is -0.466 e. The quantitative estimate of drug-likeness (QED) is 0.273. The molecular formula is C25H22N4O3. The maximum Gasteiger partial charge on any atom is 0.311 e. The molecule has 4 rings (SSSR count). The second-order valence-electron chi connectivity index (χ2n) is 6.95. The predicted molar refractivity (Wildman–Crippen MR) is 125 cm³/mol. The van der Waals surface area contributed by atoms with Crippen LogP contribution in [0.3, 0.4) is 0 Å². The topological polar surface area (TPSA) is 85.6 Å².